The molecule has 3 rings (SSSR count). The van der Waals surface area contributed by atoms with Crippen molar-refractivity contribution in [1.29, 1.82) is 10.0 Å². The highest BCUT2D eigenvalue weighted by atomic mass is 32.2. The van der Waals surface area contributed by atoms with E-state index in [1.807, 2.05) is 0 Å². The third-order valence-corrected chi connectivity index (χ3v) is 4.81. The molecular weight excluding hydrogens is 338 g/mol. The fourth-order valence-electron chi connectivity index (χ4n) is 2.35. The molecule has 0 saturated carbocycles. The van der Waals surface area contributed by atoms with Gasteiger partial charge in [0.05, 0.1) is 22.4 Å². The van der Waals surface area contributed by atoms with Crippen molar-refractivity contribution in [1.82, 2.24) is 4.98 Å². The Bertz CT molecular complexity index is 1080. The summed E-state index contributed by atoms with van der Waals surface area (Å²) in [6.07, 6.45) is 2.81. The maximum absolute atomic E-state index is 11.8. The van der Waals surface area contributed by atoms with E-state index in [4.69, 9.17) is 14.3 Å². The molecule has 0 saturated heterocycles. The van der Waals surface area contributed by atoms with Gasteiger partial charge < -0.3 is 9.47 Å². The molecular formula is C18H15N3O3S. The van der Waals surface area contributed by atoms with E-state index in [1.54, 1.807) is 49.6 Å². The van der Waals surface area contributed by atoms with Crippen molar-refractivity contribution in [3.8, 4) is 23.3 Å². The third kappa shape index (κ3) is 3.39. The minimum atomic E-state index is -2.78. The summed E-state index contributed by atoms with van der Waals surface area (Å²) in [6.45, 7) is 0. The average Bonchev–Trinajstić information content (AvgIpc) is 2.61. The molecule has 1 atom stereocenters. The lowest BCUT2D eigenvalue weighted by atomic mass is 10.1. The molecule has 3 aromatic rings. The smallest absolute Gasteiger partial charge is 0.156 e. The Hall–Kier alpha value is -3.11. The lowest BCUT2D eigenvalue weighted by Crippen LogP contribution is -1.96. The molecule has 6 nitrogen and oxygen atoms in total. The van der Waals surface area contributed by atoms with Gasteiger partial charge in [-0.15, -0.1) is 0 Å². The Morgan fingerprint density at radius 2 is 1.84 bits per heavy atom. The first-order valence-corrected chi connectivity index (χ1v) is 9.27. The van der Waals surface area contributed by atoms with Crippen LogP contribution in [0.3, 0.4) is 0 Å². The van der Waals surface area contributed by atoms with E-state index < -0.39 is 9.73 Å². The predicted octanol–water partition coefficient (Wildman–Crippen LogP) is 3.94. The zero-order chi connectivity index (χ0) is 18.0. The molecule has 0 aliphatic rings. The lowest BCUT2D eigenvalue weighted by molar-refractivity contribution is 0.415. The van der Waals surface area contributed by atoms with Crippen LogP contribution in [0.25, 0.3) is 10.9 Å². The van der Waals surface area contributed by atoms with Crippen molar-refractivity contribution in [2.24, 2.45) is 0 Å². The molecule has 0 fully saturated rings. The van der Waals surface area contributed by atoms with Gasteiger partial charge >= 0.3 is 0 Å². The number of ether oxygens (including phenoxy) is 2. The van der Waals surface area contributed by atoms with Crippen molar-refractivity contribution in [2.75, 3.05) is 13.4 Å². The summed E-state index contributed by atoms with van der Waals surface area (Å²) >= 11 is 0. The monoisotopic (exact) mass is 353 g/mol. The van der Waals surface area contributed by atoms with Crippen molar-refractivity contribution < 1.29 is 13.7 Å². The van der Waals surface area contributed by atoms with Crippen LogP contribution >= 0.6 is 0 Å². The number of hydrogen-bond donors (Lipinski definition) is 1. The number of rotatable bonds is 4. The SMILES string of the molecule is COc1ccc2c(Oc3ccc(S(C)(=N)=O)cc3)c(C#N)cnc2c1. The number of nitrogens with zero attached hydrogens (tertiary/aromatic N) is 2. The minimum absolute atomic E-state index is 0.307. The zero-order valence-corrected chi connectivity index (χ0v) is 14.5. The van der Waals surface area contributed by atoms with E-state index in [1.165, 1.54) is 12.5 Å². The van der Waals surface area contributed by atoms with Gasteiger partial charge in [0.15, 0.2) is 5.75 Å². The van der Waals surface area contributed by atoms with Crippen LogP contribution in [0.15, 0.2) is 53.6 Å². The molecule has 25 heavy (non-hydrogen) atoms. The second kappa shape index (κ2) is 6.42. The normalized spacial score (nSPS) is 13.0. The molecule has 1 unspecified atom stereocenters. The van der Waals surface area contributed by atoms with Gasteiger partial charge in [-0.25, -0.2) is 8.99 Å². The molecule has 1 aromatic heterocycles. The van der Waals surface area contributed by atoms with Gasteiger partial charge in [-0.3, -0.25) is 4.98 Å². The number of hydrogen-bond acceptors (Lipinski definition) is 6. The predicted molar refractivity (Wildman–Crippen MR) is 94.6 cm³/mol. The number of benzene rings is 2. The first-order chi connectivity index (χ1) is 11.9. The second-order valence-electron chi connectivity index (χ2n) is 5.41. The second-order valence-corrected chi connectivity index (χ2v) is 7.57. The molecule has 2 aromatic carbocycles. The molecule has 7 heteroatoms. The average molecular weight is 353 g/mol. The van der Waals surface area contributed by atoms with Crippen LogP contribution in [0, 0.1) is 16.1 Å². The summed E-state index contributed by atoms with van der Waals surface area (Å²) in [5.74, 6) is 1.53. The van der Waals surface area contributed by atoms with Crippen molar-refractivity contribution >= 4 is 20.6 Å². The highest BCUT2D eigenvalue weighted by Gasteiger charge is 2.13. The molecule has 1 heterocycles. The van der Waals surface area contributed by atoms with Crippen molar-refractivity contribution in [3.63, 3.8) is 0 Å². The van der Waals surface area contributed by atoms with Gasteiger partial charge in [-0.1, -0.05) is 0 Å². The third-order valence-electron chi connectivity index (χ3n) is 3.64. The van der Waals surface area contributed by atoms with Crippen LogP contribution in [0.2, 0.25) is 0 Å². The first kappa shape index (κ1) is 16.7. The number of nitriles is 1. The summed E-state index contributed by atoms with van der Waals surface area (Å²) < 4.78 is 30.4. The summed E-state index contributed by atoms with van der Waals surface area (Å²) in [4.78, 5) is 4.69. The summed E-state index contributed by atoms with van der Waals surface area (Å²) in [5, 5.41) is 10.0. The van der Waals surface area contributed by atoms with Gasteiger partial charge in [-0.2, -0.15) is 5.26 Å². The Kier molecular flexibility index (Phi) is 4.30. The number of fused-ring (bicyclic) bond motifs is 1. The van der Waals surface area contributed by atoms with Gasteiger partial charge in [0, 0.05) is 28.8 Å². The van der Waals surface area contributed by atoms with Crippen LogP contribution in [0.5, 0.6) is 17.2 Å². The van der Waals surface area contributed by atoms with E-state index in [0.717, 1.165) is 0 Å². The highest BCUT2D eigenvalue weighted by Crippen LogP contribution is 2.34. The number of aromatic nitrogens is 1. The minimum Gasteiger partial charge on any atom is -0.497 e. The van der Waals surface area contributed by atoms with Crippen LogP contribution in [-0.2, 0) is 9.73 Å². The van der Waals surface area contributed by atoms with Crippen LogP contribution in [-0.4, -0.2) is 22.6 Å². The van der Waals surface area contributed by atoms with E-state index in [-0.39, 0.29) is 0 Å². The van der Waals surface area contributed by atoms with Crippen molar-refractivity contribution in [2.45, 2.75) is 4.90 Å². The Labute approximate surface area is 145 Å². The Morgan fingerprint density at radius 3 is 2.44 bits per heavy atom. The highest BCUT2D eigenvalue weighted by molar-refractivity contribution is 7.91. The molecule has 1 N–H and O–H groups in total. The quantitative estimate of drug-likeness (QED) is 0.766. The maximum Gasteiger partial charge on any atom is 0.156 e. The first-order valence-electron chi connectivity index (χ1n) is 7.31. The number of nitrogens with one attached hydrogen (secondary N) is 1. The largest absolute Gasteiger partial charge is 0.497 e. The number of pyridine rings is 1. The van der Waals surface area contributed by atoms with Crippen LogP contribution < -0.4 is 9.47 Å². The molecule has 0 spiro atoms. The van der Waals surface area contributed by atoms with Gasteiger partial charge in [-0.05, 0) is 36.4 Å². The van der Waals surface area contributed by atoms with E-state index >= 15 is 0 Å². The molecule has 0 aliphatic carbocycles. The molecule has 0 radical (unpaired) electrons. The van der Waals surface area contributed by atoms with Gasteiger partial charge in [0.2, 0.25) is 0 Å². The molecule has 0 bridgehead atoms. The van der Waals surface area contributed by atoms with Gasteiger partial charge in [0.25, 0.3) is 0 Å². The fourth-order valence-corrected chi connectivity index (χ4v) is 3.01. The molecule has 126 valence electrons. The van der Waals surface area contributed by atoms with E-state index in [9.17, 15) is 9.47 Å². The Balaban J connectivity index is 2.07. The summed E-state index contributed by atoms with van der Waals surface area (Å²) in [7, 11) is -1.21. The standard InChI is InChI=1S/C18H15N3O3S/c1-23-14-5-8-16-17(9-14)21-11-12(10-19)18(16)24-13-3-6-15(7-4-13)25(2,20)22/h3-9,11,20H,1-2H3. The summed E-state index contributed by atoms with van der Waals surface area (Å²) in [5.41, 5.74) is 0.953. The molecule has 0 amide bonds. The number of methoxy groups -OCH3 is 1. The van der Waals surface area contributed by atoms with Gasteiger partial charge in [0.1, 0.15) is 23.1 Å². The maximum atomic E-state index is 11.8. The fraction of sp³-hybridized carbons (Fsp3) is 0.111. The lowest BCUT2D eigenvalue weighted by Gasteiger charge is -2.11. The molecule has 0 aliphatic heterocycles. The van der Waals surface area contributed by atoms with E-state index in [0.29, 0.717) is 38.6 Å². The topological polar surface area (TPSA) is 96.1 Å². The van der Waals surface area contributed by atoms with Crippen molar-refractivity contribution in [3.05, 3.63) is 54.2 Å². The zero-order valence-electron chi connectivity index (χ0n) is 13.6. The Morgan fingerprint density at radius 1 is 1.16 bits per heavy atom. The van der Waals surface area contributed by atoms with Crippen LogP contribution in [0.1, 0.15) is 5.56 Å². The summed E-state index contributed by atoms with van der Waals surface area (Å²) in [6, 6.07) is 13.8. The van der Waals surface area contributed by atoms with E-state index in [2.05, 4.69) is 11.1 Å². The van der Waals surface area contributed by atoms with Crippen LogP contribution in [0.4, 0.5) is 0 Å².